The summed E-state index contributed by atoms with van der Waals surface area (Å²) < 4.78 is 0. The molecule has 0 bridgehead atoms. The zero-order valence-corrected chi connectivity index (χ0v) is 13.9. The SMILES string of the molecule is Cc1ccc(NC(=O)CN(C)Cc2ccnc3ccccc23)nc1. The van der Waals surface area contributed by atoms with Crippen molar-refractivity contribution < 1.29 is 4.79 Å². The minimum absolute atomic E-state index is 0.0767. The number of aryl methyl sites for hydroxylation is 1. The van der Waals surface area contributed by atoms with Gasteiger partial charge in [-0.2, -0.15) is 0 Å². The van der Waals surface area contributed by atoms with E-state index < -0.39 is 0 Å². The summed E-state index contributed by atoms with van der Waals surface area (Å²) in [7, 11) is 1.93. The highest BCUT2D eigenvalue weighted by molar-refractivity contribution is 5.91. The maximum Gasteiger partial charge on any atom is 0.239 e. The van der Waals surface area contributed by atoms with Crippen LogP contribution in [0.4, 0.5) is 5.82 Å². The van der Waals surface area contributed by atoms with Crippen molar-refractivity contribution in [1.29, 1.82) is 0 Å². The van der Waals surface area contributed by atoms with Crippen LogP contribution < -0.4 is 5.32 Å². The molecule has 2 heterocycles. The number of carbonyl (C=O) groups excluding carboxylic acids is 1. The maximum absolute atomic E-state index is 12.2. The fraction of sp³-hybridized carbons (Fsp3) is 0.211. The van der Waals surface area contributed by atoms with Crippen molar-refractivity contribution in [2.45, 2.75) is 13.5 Å². The topological polar surface area (TPSA) is 58.1 Å². The maximum atomic E-state index is 12.2. The molecule has 0 spiro atoms. The van der Waals surface area contributed by atoms with Crippen LogP contribution in [0.25, 0.3) is 10.9 Å². The molecule has 5 heteroatoms. The zero-order valence-electron chi connectivity index (χ0n) is 13.9. The number of amides is 1. The standard InChI is InChI=1S/C19H20N4O/c1-14-7-8-18(21-11-14)22-19(24)13-23(2)12-15-9-10-20-17-6-4-3-5-16(15)17/h3-11H,12-13H2,1-2H3,(H,21,22,24). The van der Waals surface area contributed by atoms with E-state index in [9.17, 15) is 4.79 Å². The average Bonchev–Trinajstić information content (AvgIpc) is 2.57. The van der Waals surface area contributed by atoms with Crippen LogP contribution in [0.3, 0.4) is 0 Å². The molecule has 0 fully saturated rings. The monoisotopic (exact) mass is 320 g/mol. The van der Waals surface area contributed by atoms with Crippen LogP contribution in [-0.4, -0.2) is 34.4 Å². The van der Waals surface area contributed by atoms with E-state index in [1.54, 1.807) is 6.20 Å². The first-order chi connectivity index (χ1) is 11.6. The second-order valence-electron chi connectivity index (χ2n) is 5.93. The summed E-state index contributed by atoms with van der Waals surface area (Å²) in [4.78, 5) is 22.7. The third-order valence-corrected chi connectivity index (χ3v) is 3.77. The molecule has 0 saturated heterocycles. The summed E-state index contributed by atoms with van der Waals surface area (Å²) in [5.74, 6) is 0.501. The van der Waals surface area contributed by atoms with E-state index in [4.69, 9.17) is 0 Å². The quantitative estimate of drug-likeness (QED) is 0.785. The largest absolute Gasteiger partial charge is 0.310 e. The minimum atomic E-state index is -0.0767. The Bertz CT molecular complexity index is 840. The molecule has 5 nitrogen and oxygen atoms in total. The number of likely N-dealkylation sites (N-methyl/N-ethyl adjacent to an activating group) is 1. The Morgan fingerprint density at radius 2 is 1.96 bits per heavy atom. The molecule has 0 saturated carbocycles. The number of fused-ring (bicyclic) bond motifs is 1. The number of rotatable bonds is 5. The fourth-order valence-corrected chi connectivity index (χ4v) is 2.61. The van der Waals surface area contributed by atoms with Crippen molar-refractivity contribution in [2.24, 2.45) is 0 Å². The first-order valence-electron chi connectivity index (χ1n) is 7.85. The molecular weight excluding hydrogens is 300 g/mol. The van der Waals surface area contributed by atoms with Crippen LogP contribution in [0.1, 0.15) is 11.1 Å². The number of para-hydroxylation sites is 1. The molecule has 3 aromatic rings. The normalized spacial score (nSPS) is 11.0. The van der Waals surface area contributed by atoms with Gasteiger partial charge in [0.15, 0.2) is 0 Å². The van der Waals surface area contributed by atoms with Gasteiger partial charge < -0.3 is 5.32 Å². The summed E-state index contributed by atoms with van der Waals surface area (Å²) in [6.07, 6.45) is 3.55. The van der Waals surface area contributed by atoms with Gasteiger partial charge in [-0.25, -0.2) is 4.98 Å². The number of carbonyl (C=O) groups is 1. The number of anilines is 1. The summed E-state index contributed by atoms with van der Waals surface area (Å²) in [5.41, 5.74) is 3.19. The second kappa shape index (κ2) is 7.19. The molecule has 2 aromatic heterocycles. The van der Waals surface area contributed by atoms with Gasteiger partial charge in [-0.15, -0.1) is 0 Å². The predicted molar refractivity (Wildman–Crippen MR) is 95.7 cm³/mol. The number of nitrogens with one attached hydrogen (secondary N) is 1. The molecule has 0 radical (unpaired) electrons. The molecule has 1 aromatic carbocycles. The third-order valence-electron chi connectivity index (χ3n) is 3.77. The first-order valence-corrected chi connectivity index (χ1v) is 7.85. The predicted octanol–water partition coefficient (Wildman–Crippen LogP) is 3.01. The Hall–Kier alpha value is -2.79. The summed E-state index contributed by atoms with van der Waals surface area (Å²) >= 11 is 0. The Kier molecular flexibility index (Phi) is 4.82. The van der Waals surface area contributed by atoms with Gasteiger partial charge >= 0.3 is 0 Å². The van der Waals surface area contributed by atoms with Gasteiger partial charge in [0.1, 0.15) is 5.82 Å². The molecule has 0 atom stereocenters. The number of aromatic nitrogens is 2. The van der Waals surface area contributed by atoms with Crippen LogP contribution in [0, 0.1) is 6.92 Å². The van der Waals surface area contributed by atoms with E-state index in [-0.39, 0.29) is 5.91 Å². The number of pyridine rings is 2. The molecule has 1 N–H and O–H groups in total. The van der Waals surface area contributed by atoms with Crippen molar-refractivity contribution in [3.63, 3.8) is 0 Å². The van der Waals surface area contributed by atoms with Crippen molar-refractivity contribution in [3.05, 3.63) is 66.0 Å². The van der Waals surface area contributed by atoms with Gasteiger partial charge in [0, 0.05) is 24.3 Å². The lowest BCUT2D eigenvalue weighted by Gasteiger charge is -2.17. The fourth-order valence-electron chi connectivity index (χ4n) is 2.61. The number of nitrogens with zero attached hydrogens (tertiary/aromatic N) is 3. The summed E-state index contributed by atoms with van der Waals surface area (Å²) in [6.45, 7) is 2.94. The molecule has 0 aliphatic rings. The lowest BCUT2D eigenvalue weighted by molar-refractivity contribution is -0.117. The van der Waals surface area contributed by atoms with Crippen molar-refractivity contribution in [2.75, 3.05) is 18.9 Å². The average molecular weight is 320 g/mol. The molecule has 1 amide bonds. The smallest absolute Gasteiger partial charge is 0.239 e. The summed E-state index contributed by atoms with van der Waals surface area (Å²) in [5, 5.41) is 3.94. The number of hydrogen-bond acceptors (Lipinski definition) is 4. The zero-order chi connectivity index (χ0) is 16.9. The number of benzene rings is 1. The molecule has 0 unspecified atom stereocenters. The Morgan fingerprint density at radius 1 is 1.12 bits per heavy atom. The second-order valence-corrected chi connectivity index (χ2v) is 5.93. The van der Waals surface area contributed by atoms with Gasteiger partial charge in [-0.1, -0.05) is 24.3 Å². The van der Waals surface area contributed by atoms with Crippen LogP contribution in [0.15, 0.2) is 54.9 Å². The van der Waals surface area contributed by atoms with E-state index >= 15 is 0 Å². The van der Waals surface area contributed by atoms with E-state index in [0.29, 0.717) is 18.9 Å². The first kappa shape index (κ1) is 16.1. The van der Waals surface area contributed by atoms with Gasteiger partial charge in [-0.3, -0.25) is 14.7 Å². The minimum Gasteiger partial charge on any atom is -0.310 e. The third kappa shape index (κ3) is 3.94. The van der Waals surface area contributed by atoms with Crippen molar-refractivity contribution in [1.82, 2.24) is 14.9 Å². The molecular formula is C19H20N4O. The van der Waals surface area contributed by atoms with Crippen LogP contribution in [-0.2, 0) is 11.3 Å². The van der Waals surface area contributed by atoms with Gasteiger partial charge in [0.05, 0.1) is 12.1 Å². The van der Waals surface area contributed by atoms with E-state index in [1.165, 1.54) is 0 Å². The highest BCUT2D eigenvalue weighted by Gasteiger charge is 2.10. The Morgan fingerprint density at radius 3 is 2.75 bits per heavy atom. The molecule has 122 valence electrons. The van der Waals surface area contributed by atoms with Gasteiger partial charge in [-0.05, 0) is 43.3 Å². The van der Waals surface area contributed by atoms with Gasteiger partial charge in [0.2, 0.25) is 5.91 Å². The van der Waals surface area contributed by atoms with E-state index in [0.717, 1.165) is 22.0 Å². The van der Waals surface area contributed by atoms with E-state index in [1.807, 2.05) is 61.5 Å². The van der Waals surface area contributed by atoms with Crippen molar-refractivity contribution >= 4 is 22.6 Å². The van der Waals surface area contributed by atoms with Crippen LogP contribution >= 0.6 is 0 Å². The van der Waals surface area contributed by atoms with Crippen molar-refractivity contribution in [3.8, 4) is 0 Å². The highest BCUT2D eigenvalue weighted by atomic mass is 16.2. The number of hydrogen-bond donors (Lipinski definition) is 1. The van der Waals surface area contributed by atoms with E-state index in [2.05, 4.69) is 21.4 Å². The van der Waals surface area contributed by atoms with Crippen LogP contribution in [0.2, 0.25) is 0 Å². The summed E-state index contributed by atoms with van der Waals surface area (Å²) in [6, 6.07) is 13.8. The lowest BCUT2D eigenvalue weighted by atomic mass is 10.1. The molecule has 0 aliphatic carbocycles. The Labute approximate surface area is 141 Å². The highest BCUT2D eigenvalue weighted by Crippen LogP contribution is 2.17. The van der Waals surface area contributed by atoms with Gasteiger partial charge in [0.25, 0.3) is 0 Å². The lowest BCUT2D eigenvalue weighted by Crippen LogP contribution is -2.30. The van der Waals surface area contributed by atoms with Crippen LogP contribution in [0.5, 0.6) is 0 Å². The Balaban J connectivity index is 1.63. The molecule has 0 aliphatic heterocycles. The molecule has 3 rings (SSSR count). The molecule has 24 heavy (non-hydrogen) atoms.